The number of carbonyl (C=O) groups is 1. The minimum Gasteiger partial charge on any atom is -0.451 e. The van der Waals surface area contributed by atoms with Gasteiger partial charge in [0.05, 0.1) is 16.9 Å². The molecule has 1 aromatic heterocycles. The lowest BCUT2D eigenvalue weighted by molar-refractivity contribution is -0.137. The lowest BCUT2D eigenvalue weighted by atomic mass is 10.1. The largest absolute Gasteiger partial charge is 0.451 e. The minimum atomic E-state index is -4.50. The number of rotatable bonds is 3. The van der Waals surface area contributed by atoms with Crippen LogP contribution in [0.25, 0.3) is 11.0 Å². The van der Waals surface area contributed by atoms with Crippen LogP contribution in [-0.4, -0.2) is 20.0 Å². The molecule has 1 N–H and O–H groups in total. The second-order valence-electron chi connectivity index (χ2n) is 5.73. The van der Waals surface area contributed by atoms with Crippen LogP contribution in [0.4, 0.5) is 24.5 Å². The third-order valence-corrected chi connectivity index (χ3v) is 3.70. The zero-order valence-electron chi connectivity index (χ0n) is 13.5. The van der Waals surface area contributed by atoms with Crippen molar-refractivity contribution in [3.8, 4) is 0 Å². The predicted molar refractivity (Wildman–Crippen MR) is 89.9 cm³/mol. The van der Waals surface area contributed by atoms with Crippen LogP contribution in [0.2, 0.25) is 0 Å². The third-order valence-electron chi connectivity index (χ3n) is 3.70. The monoisotopic (exact) mass is 348 g/mol. The topological polar surface area (TPSA) is 45.5 Å². The summed E-state index contributed by atoms with van der Waals surface area (Å²) in [6.07, 6.45) is -4.50. The molecule has 25 heavy (non-hydrogen) atoms. The molecule has 0 aliphatic carbocycles. The van der Waals surface area contributed by atoms with E-state index in [-0.39, 0.29) is 11.4 Å². The summed E-state index contributed by atoms with van der Waals surface area (Å²) in [6, 6.07) is 11.8. The SMILES string of the molecule is CN(C)c1ccc(C(F)(F)F)cc1NC(=O)c1cc2ccccc2o1. The molecule has 0 saturated heterocycles. The molecule has 3 rings (SSSR count). The van der Waals surface area contributed by atoms with Gasteiger partial charge in [0.1, 0.15) is 5.58 Å². The Labute approximate surface area is 141 Å². The van der Waals surface area contributed by atoms with Gasteiger partial charge in [0.25, 0.3) is 5.91 Å². The fourth-order valence-electron chi connectivity index (χ4n) is 2.48. The number of hydrogen-bond donors (Lipinski definition) is 1. The summed E-state index contributed by atoms with van der Waals surface area (Å²) in [5.41, 5.74) is 0.213. The average Bonchev–Trinajstić information content (AvgIpc) is 2.98. The predicted octanol–water partition coefficient (Wildman–Crippen LogP) is 4.77. The normalized spacial score (nSPS) is 11.6. The number of hydrogen-bond acceptors (Lipinski definition) is 3. The van der Waals surface area contributed by atoms with Crippen LogP contribution in [0.1, 0.15) is 16.1 Å². The van der Waals surface area contributed by atoms with Crippen LogP contribution in [0.3, 0.4) is 0 Å². The number of nitrogens with zero attached hydrogens (tertiary/aromatic N) is 1. The van der Waals surface area contributed by atoms with Crippen molar-refractivity contribution in [2.45, 2.75) is 6.18 Å². The van der Waals surface area contributed by atoms with E-state index in [0.717, 1.165) is 17.5 Å². The van der Waals surface area contributed by atoms with E-state index in [1.54, 1.807) is 49.3 Å². The Bertz CT molecular complexity index is 896. The summed E-state index contributed by atoms with van der Waals surface area (Å²) in [6.45, 7) is 0. The van der Waals surface area contributed by atoms with Crippen molar-refractivity contribution in [1.29, 1.82) is 0 Å². The molecule has 0 aliphatic heterocycles. The highest BCUT2D eigenvalue weighted by Gasteiger charge is 2.31. The number of benzene rings is 2. The van der Waals surface area contributed by atoms with Gasteiger partial charge in [0, 0.05) is 19.5 Å². The number of alkyl halides is 3. The maximum absolute atomic E-state index is 13.0. The fourth-order valence-corrected chi connectivity index (χ4v) is 2.48. The molecule has 0 fully saturated rings. The Hall–Kier alpha value is -2.96. The van der Waals surface area contributed by atoms with Crippen molar-refractivity contribution in [3.63, 3.8) is 0 Å². The number of furan rings is 1. The molecule has 4 nitrogen and oxygen atoms in total. The molecule has 0 unspecified atom stereocenters. The van der Waals surface area contributed by atoms with E-state index in [2.05, 4.69) is 5.32 Å². The highest BCUT2D eigenvalue weighted by atomic mass is 19.4. The zero-order chi connectivity index (χ0) is 18.2. The van der Waals surface area contributed by atoms with E-state index < -0.39 is 17.6 Å². The maximum atomic E-state index is 13.0. The van der Waals surface area contributed by atoms with Gasteiger partial charge < -0.3 is 14.6 Å². The summed E-state index contributed by atoms with van der Waals surface area (Å²) < 4.78 is 44.3. The third kappa shape index (κ3) is 3.45. The smallest absolute Gasteiger partial charge is 0.416 e. The number of fused-ring (bicyclic) bond motifs is 1. The van der Waals surface area contributed by atoms with E-state index >= 15 is 0 Å². The van der Waals surface area contributed by atoms with Crippen LogP contribution >= 0.6 is 0 Å². The van der Waals surface area contributed by atoms with Gasteiger partial charge in [-0.3, -0.25) is 4.79 Å². The Morgan fingerprint density at radius 3 is 2.44 bits per heavy atom. The van der Waals surface area contributed by atoms with Gasteiger partial charge in [-0.1, -0.05) is 18.2 Å². The van der Waals surface area contributed by atoms with Gasteiger partial charge in [-0.05, 0) is 30.3 Å². The first-order valence-corrected chi connectivity index (χ1v) is 7.44. The van der Waals surface area contributed by atoms with Gasteiger partial charge >= 0.3 is 6.18 Å². The standard InChI is InChI=1S/C18H15F3N2O2/c1-23(2)14-8-7-12(18(19,20)21)10-13(14)22-17(24)16-9-11-5-3-4-6-15(11)25-16/h3-10H,1-2H3,(H,22,24). The molecule has 2 aromatic carbocycles. The number of halogens is 3. The van der Waals surface area contributed by atoms with Crippen molar-refractivity contribution >= 4 is 28.3 Å². The molecular weight excluding hydrogens is 333 g/mol. The van der Waals surface area contributed by atoms with Gasteiger partial charge in [-0.25, -0.2) is 0 Å². The van der Waals surface area contributed by atoms with Crippen molar-refractivity contribution in [2.75, 3.05) is 24.3 Å². The van der Waals surface area contributed by atoms with Crippen LogP contribution in [0, 0.1) is 0 Å². The van der Waals surface area contributed by atoms with Crippen LogP contribution in [0.15, 0.2) is 52.9 Å². The molecule has 0 spiro atoms. The van der Waals surface area contributed by atoms with Crippen LogP contribution in [0.5, 0.6) is 0 Å². The average molecular weight is 348 g/mol. The summed E-state index contributed by atoms with van der Waals surface area (Å²) in [7, 11) is 3.36. The van der Waals surface area contributed by atoms with Gasteiger partial charge in [0.2, 0.25) is 0 Å². The quantitative estimate of drug-likeness (QED) is 0.742. The number of anilines is 2. The molecule has 1 heterocycles. The first kappa shape index (κ1) is 16.9. The summed E-state index contributed by atoms with van der Waals surface area (Å²) >= 11 is 0. The van der Waals surface area contributed by atoms with E-state index in [9.17, 15) is 18.0 Å². The highest BCUT2D eigenvalue weighted by Crippen LogP contribution is 2.35. The zero-order valence-corrected chi connectivity index (χ0v) is 13.5. The van der Waals surface area contributed by atoms with Crippen molar-refractivity contribution in [2.24, 2.45) is 0 Å². The lowest BCUT2D eigenvalue weighted by Crippen LogP contribution is -2.17. The molecule has 3 aromatic rings. The fraction of sp³-hybridized carbons (Fsp3) is 0.167. The first-order valence-electron chi connectivity index (χ1n) is 7.44. The number of para-hydroxylation sites is 1. The Morgan fingerprint density at radius 1 is 1.08 bits per heavy atom. The summed E-state index contributed by atoms with van der Waals surface area (Å²) in [5.74, 6) is -0.582. The van der Waals surface area contributed by atoms with E-state index in [0.29, 0.717) is 11.3 Å². The molecular formula is C18H15F3N2O2. The van der Waals surface area contributed by atoms with Crippen molar-refractivity contribution in [1.82, 2.24) is 0 Å². The summed E-state index contributed by atoms with van der Waals surface area (Å²) in [4.78, 5) is 14.0. The molecule has 0 atom stereocenters. The van der Waals surface area contributed by atoms with E-state index in [1.807, 2.05) is 0 Å². The van der Waals surface area contributed by atoms with Crippen LogP contribution in [-0.2, 0) is 6.18 Å². The minimum absolute atomic E-state index is 0.0308. The number of carbonyl (C=O) groups excluding carboxylic acids is 1. The molecule has 130 valence electrons. The first-order chi connectivity index (χ1) is 11.8. The van der Waals surface area contributed by atoms with Crippen molar-refractivity contribution in [3.05, 3.63) is 59.9 Å². The Balaban J connectivity index is 1.96. The Kier molecular flexibility index (Phi) is 4.16. The molecule has 0 radical (unpaired) electrons. The number of amides is 1. The molecule has 0 bridgehead atoms. The lowest BCUT2D eigenvalue weighted by Gasteiger charge is -2.19. The Morgan fingerprint density at radius 2 is 1.80 bits per heavy atom. The second-order valence-corrected chi connectivity index (χ2v) is 5.73. The molecule has 1 amide bonds. The van der Waals surface area contributed by atoms with Gasteiger partial charge in [-0.2, -0.15) is 13.2 Å². The number of nitrogens with one attached hydrogen (secondary N) is 1. The molecule has 0 saturated carbocycles. The summed E-state index contributed by atoms with van der Waals surface area (Å²) in [5, 5.41) is 3.25. The second kappa shape index (κ2) is 6.16. The highest BCUT2D eigenvalue weighted by molar-refractivity contribution is 6.06. The van der Waals surface area contributed by atoms with Gasteiger partial charge in [0.15, 0.2) is 5.76 Å². The van der Waals surface area contributed by atoms with E-state index in [4.69, 9.17) is 4.42 Å². The van der Waals surface area contributed by atoms with Crippen LogP contribution < -0.4 is 10.2 Å². The molecule has 7 heteroatoms. The maximum Gasteiger partial charge on any atom is 0.416 e. The van der Waals surface area contributed by atoms with E-state index in [1.165, 1.54) is 6.07 Å². The van der Waals surface area contributed by atoms with Crippen molar-refractivity contribution < 1.29 is 22.4 Å². The van der Waals surface area contributed by atoms with Gasteiger partial charge in [-0.15, -0.1) is 0 Å². The molecule has 0 aliphatic rings.